The fraction of sp³-hybridized carbons (Fsp3) is 0.300. The summed E-state index contributed by atoms with van der Waals surface area (Å²) in [7, 11) is 0. The molecular formula is C30H33ClN4O3S. The summed E-state index contributed by atoms with van der Waals surface area (Å²) in [6.07, 6.45) is 4.13. The lowest BCUT2D eigenvalue weighted by atomic mass is 10.1. The van der Waals surface area contributed by atoms with Gasteiger partial charge in [-0.3, -0.25) is 14.1 Å². The van der Waals surface area contributed by atoms with Gasteiger partial charge in [-0.25, -0.2) is 4.98 Å². The van der Waals surface area contributed by atoms with Crippen LogP contribution in [-0.4, -0.2) is 48.2 Å². The van der Waals surface area contributed by atoms with Crippen molar-refractivity contribution in [1.29, 1.82) is 0 Å². The van der Waals surface area contributed by atoms with Crippen LogP contribution in [0.3, 0.4) is 0 Å². The number of rotatable bonds is 8. The second-order valence-corrected chi connectivity index (χ2v) is 10.3. The quantitative estimate of drug-likeness (QED) is 0.176. The number of anilines is 2. The Morgan fingerprint density at radius 2 is 1.90 bits per heavy atom. The molecule has 204 valence electrons. The van der Waals surface area contributed by atoms with E-state index in [0.29, 0.717) is 34.3 Å². The number of unbranched alkanes of at least 4 members (excludes halogenated alkanes) is 1. The van der Waals surface area contributed by atoms with Crippen molar-refractivity contribution in [3.63, 3.8) is 0 Å². The van der Waals surface area contributed by atoms with Crippen molar-refractivity contribution in [1.82, 2.24) is 9.97 Å². The van der Waals surface area contributed by atoms with Crippen LogP contribution in [0.2, 0.25) is 5.02 Å². The smallest absolute Gasteiger partial charge is 0.255 e. The summed E-state index contributed by atoms with van der Waals surface area (Å²) in [6, 6.07) is 20.5. The number of fused-ring (bicyclic) bond motifs is 1. The van der Waals surface area contributed by atoms with E-state index in [0.717, 1.165) is 42.3 Å². The minimum absolute atomic E-state index is 0.197. The van der Waals surface area contributed by atoms with Gasteiger partial charge in [-0.1, -0.05) is 37.1 Å². The fourth-order valence-electron chi connectivity index (χ4n) is 3.80. The van der Waals surface area contributed by atoms with Crippen molar-refractivity contribution in [3.05, 3.63) is 83.5 Å². The van der Waals surface area contributed by atoms with E-state index in [-0.39, 0.29) is 5.91 Å². The highest BCUT2D eigenvalue weighted by Gasteiger charge is 2.14. The molecule has 5 rings (SSSR count). The van der Waals surface area contributed by atoms with Crippen molar-refractivity contribution in [3.8, 4) is 11.3 Å². The molecule has 1 saturated heterocycles. The predicted octanol–water partition coefficient (Wildman–Crippen LogP) is 7.47. The molecule has 0 atom stereocenters. The molecule has 1 aromatic heterocycles. The number of para-hydroxylation sites is 2. The standard InChI is InChI=1S/C24H19ClN4O2S.C6H14O/c25-20-10-7-17(13-19(20)23-14-26-21-3-1-2-4-22(21)28-23)27-24(30)16-5-8-18(9-6-16)29-15-31-11-12-32-29;1-3-5-6-7-4-2/h1-10,13-14H,11-12,15H2,(H,27,30);3-6H2,1-2H3. The van der Waals surface area contributed by atoms with E-state index in [4.69, 9.17) is 21.1 Å². The Bertz CT molecular complexity index is 1360. The Kier molecular flexibility index (Phi) is 11.0. The molecule has 4 aromatic rings. The third-order valence-electron chi connectivity index (χ3n) is 5.90. The Hall–Kier alpha value is -3.17. The molecule has 0 aliphatic carbocycles. The van der Waals surface area contributed by atoms with Crippen LogP contribution < -0.4 is 9.62 Å². The van der Waals surface area contributed by atoms with Crippen molar-refractivity contribution in [2.75, 3.05) is 41.9 Å². The number of carbonyl (C=O) groups excluding carboxylic acids is 1. The molecule has 7 nitrogen and oxygen atoms in total. The van der Waals surface area contributed by atoms with Crippen LogP contribution in [0.25, 0.3) is 22.3 Å². The topological polar surface area (TPSA) is 76.6 Å². The Labute approximate surface area is 239 Å². The average molecular weight is 565 g/mol. The highest BCUT2D eigenvalue weighted by atomic mass is 35.5. The Balaban J connectivity index is 0.000000448. The van der Waals surface area contributed by atoms with Crippen LogP contribution >= 0.6 is 23.5 Å². The summed E-state index contributed by atoms with van der Waals surface area (Å²) in [6.45, 7) is 7.29. The number of halogens is 1. The van der Waals surface area contributed by atoms with Gasteiger partial charge in [-0.15, -0.1) is 0 Å². The van der Waals surface area contributed by atoms with Gasteiger partial charge in [0.05, 0.1) is 34.6 Å². The highest BCUT2D eigenvalue weighted by molar-refractivity contribution is 8.00. The molecule has 1 fully saturated rings. The number of hydrogen-bond donors (Lipinski definition) is 1. The average Bonchev–Trinajstić information content (AvgIpc) is 2.99. The fourth-order valence-corrected chi connectivity index (χ4v) is 4.85. The molecular weight excluding hydrogens is 532 g/mol. The molecule has 1 amide bonds. The van der Waals surface area contributed by atoms with Crippen LogP contribution in [0.4, 0.5) is 11.4 Å². The molecule has 0 saturated carbocycles. The van der Waals surface area contributed by atoms with E-state index in [1.54, 1.807) is 30.3 Å². The van der Waals surface area contributed by atoms with Gasteiger partial charge in [-0.2, -0.15) is 0 Å². The third-order valence-corrected chi connectivity index (χ3v) is 7.20. The van der Waals surface area contributed by atoms with Crippen LogP contribution in [0, 0.1) is 0 Å². The van der Waals surface area contributed by atoms with Gasteiger partial charge in [0.1, 0.15) is 6.73 Å². The molecule has 0 bridgehead atoms. The maximum Gasteiger partial charge on any atom is 0.255 e. The second-order valence-electron chi connectivity index (χ2n) is 8.74. The summed E-state index contributed by atoms with van der Waals surface area (Å²) in [5.74, 6) is 0.722. The third kappa shape index (κ3) is 8.16. The SMILES string of the molecule is CCCCOCC.O=C(Nc1ccc(Cl)c(-c2cnc3ccccc3n2)c1)c1ccc(N2COCCS2)cc1. The zero-order valence-electron chi connectivity index (χ0n) is 22.2. The minimum atomic E-state index is -0.197. The minimum Gasteiger partial charge on any atom is -0.382 e. The monoisotopic (exact) mass is 564 g/mol. The molecule has 1 N–H and O–H groups in total. The van der Waals surface area contributed by atoms with Crippen LogP contribution in [0.1, 0.15) is 37.0 Å². The Morgan fingerprint density at radius 3 is 2.62 bits per heavy atom. The first-order valence-electron chi connectivity index (χ1n) is 13.1. The lowest BCUT2D eigenvalue weighted by Gasteiger charge is -2.27. The van der Waals surface area contributed by atoms with Gasteiger partial charge in [0.2, 0.25) is 0 Å². The largest absolute Gasteiger partial charge is 0.382 e. The van der Waals surface area contributed by atoms with Gasteiger partial charge in [-0.05, 0) is 79.9 Å². The molecule has 0 radical (unpaired) electrons. The number of hydrogen-bond acceptors (Lipinski definition) is 7. The second kappa shape index (κ2) is 14.8. The van der Waals surface area contributed by atoms with Crippen molar-refractivity contribution in [2.24, 2.45) is 0 Å². The number of nitrogens with zero attached hydrogens (tertiary/aromatic N) is 3. The predicted molar refractivity (Wildman–Crippen MR) is 162 cm³/mol. The van der Waals surface area contributed by atoms with Crippen molar-refractivity contribution >= 4 is 51.9 Å². The van der Waals surface area contributed by atoms with Crippen LogP contribution in [0.15, 0.2) is 72.9 Å². The number of benzene rings is 3. The van der Waals surface area contributed by atoms with Gasteiger partial charge in [0.25, 0.3) is 5.91 Å². The summed E-state index contributed by atoms with van der Waals surface area (Å²) < 4.78 is 12.6. The number of ether oxygens (including phenoxy) is 2. The molecule has 39 heavy (non-hydrogen) atoms. The first kappa shape index (κ1) is 28.8. The maximum atomic E-state index is 12.8. The molecule has 2 heterocycles. The maximum absolute atomic E-state index is 12.8. The van der Waals surface area contributed by atoms with Crippen molar-refractivity contribution in [2.45, 2.75) is 26.7 Å². The summed E-state index contributed by atoms with van der Waals surface area (Å²) in [4.78, 5) is 21.9. The van der Waals surface area contributed by atoms with Gasteiger partial charge in [0.15, 0.2) is 0 Å². The zero-order valence-corrected chi connectivity index (χ0v) is 23.8. The van der Waals surface area contributed by atoms with E-state index in [9.17, 15) is 4.79 Å². The van der Waals surface area contributed by atoms with E-state index in [2.05, 4.69) is 26.5 Å². The van der Waals surface area contributed by atoms with E-state index < -0.39 is 0 Å². The van der Waals surface area contributed by atoms with E-state index >= 15 is 0 Å². The first-order chi connectivity index (χ1) is 19.1. The highest BCUT2D eigenvalue weighted by Crippen LogP contribution is 2.30. The van der Waals surface area contributed by atoms with Crippen LogP contribution in [-0.2, 0) is 9.47 Å². The van der Waals surface area contributed by atoms with Crippen molar-refractivity contribution < 1.29 is 14.3 Å². The molecule has 3 aromatic carbocycles. The molecule has 0 unspecified atom stereocenters. The molecule has 9 heteroatoms. The number of aromatic nitrogens is 2. The molecule has 1 aliphatic heterocycles. The lowest BCUT2D eigenvalue weighted by Crippen LogP contribution is -2.25. The van der Waals surface area contributed by atoms with Crippen LogP contribution in [0.5, 0.6) is 0 Å². The number of carbonyl (C=O) groups is 1. The summed E-state index contributed by atoms with van der Waals surface area (Å²) >= 11 is 8.15. The summed E-state index contributed by atoms with van der Waals surface area (Å²) in [5.41, 5.74) is 5.17. The van der Waals surface area contributed by atoms with Gasteiger partial charge >= 0.3 is 0 Å². The molecule has 1 aliphatic rings. The van der Waals surface area contributed by atoms with E-state index in [1.807, 2.05) is 61.5 Å². The number of amides is 1. The Morgan fingerprint density at radius 1 is 1.10 bits per heavy atom. The lowest BCUT2D eigenvalue weighted by molar-refractivity contribution is 0.102. The van der Waals surface area contributed by atoms with Gasteiger partial charge in [0, 0.05) is 41.5 Å². The normalized spacial score (nSPS) is 13.1. The zero-order chi connectivity index (χ0) is 27.5. The number of nitrogens with one attached hydrogen (secondary N) is 1. The van der Waals surface area contributed by atoms with E-state index in [1.165, 1.54) is 12.8 Å². The van der Waals surface area contributed by atoms with Gasteiger partial charge < -0.3 is 14.8 Å². The molecule has 0 spiro atoms. The summed E-state index contributed by atoms with van der Waals surface area (Å²) in [5, 5.41) is 3.48. The first-order valence-corrected chi connectivity index (χ1v) is 14.4.